The largest absolute Gasteiger partial charge is 0.378 e. The smallest absolute Gasteiger partial charge is 0.224 e. The standard InChI is InChI=1S/C17H25NO2/c1-14-7-2-3-8-15(14)13-17(19)18-11-6-10-16-9-4-5-12-20-16/h2-3,7-8,16H,4-6,9-13H2,1H3,(H,18,19). The molecule has 0 saturated carbocycles. The Hall–Kier alpha value is -1.35. The topological polar surface area (TPSA) is 38.3 Å². The normalized spacial score (nSPS) is 18.8. The molecular weight excluding hydrogens is 250 g/mol. The molecule has 2 rings (SSSR count). The second-order valence-corrected chi connectivity index (χ2v) is 5.58. The van der Waals surface area contributed by atoms with Gasteiger partial charge < -0.3 is 10.1 Å². The molecule has 0 aromatic heterocycles. The van der Waals surface area contributed by atoms with Crippen molar-refractivity contribution in [2.24, 2.45) is 0 Å². The highest BCUT2D eigenvalue weighted by atomic mass is 16.5. The third-order valence-electron chi connectivity index (χ3n) is 3.91. The number of amides is 1. The number of ether oxygens (including phenoxy) is 1. The van der Waals surface area contributed by atoms with Gasteiger partial charge in [0.1, 0.15) is 0 Å². The van der Waals surface area contributed by atoms with Crippen LogP contribution in [0.4, 0.5) is 0 Å². The van der Waals surface area contributed by atoms with Gasteiger partial charge in [0.2, 0.25) is 5.91 Å². The minimum atomic E-state index is 0.115. The lowest BCUT2D eigenvalue weighted by molar-refractivity contribution is -0.120. The number of benzene rings is 1. The quantitative estimate of drug-likeness (QED) is 0.811. The maximum Gasteiger partial charge on any atom is 0.224 e. The van der Waals surface area contributed by atoms with E-state index in [1.165, 1.54) is 24.8 Å². The van der Waals surface area contributed by atoms with Crippen LogP contribution in [0.5, 0.6) is 0 Å². The van der Waals surface area contributed by atoms with E-state index in [0.29, 0.717) is 12.5 Å². The highest BCUT2D eigenvalue weighted by molar-refractivity contribution is 5.78. The molecule has 1 saturated heterocycles. The second kappa shape index (κ2) is 8.05. The minimum absolute atomic E-state index is 0.115. The summed E-state index contributed by atoms with van der Waals surface area (Å²) in [4.78, 5) is 11.9. The van der Waals surface area contributed by atoms with Crippen molar-refractivity contribution in [3.8, 4) is 0 Å². The number of hydrogen-bond acceptors (Lipinski definition) is 2. The van der Waals surface area contributed by atoms with Crippen LogP contribution in [-0.2, 0) is 16.0 Å². The van der Waals surface area contributed by atoms with Crippen LogP contribution < -0.4 is 5.32 Å². The first-order valence-electron chi connectivity index (χ1n) is 7.68. The molecule has 20 heavy (non-hydrogen) atoms. The summed E-state index contributed by atoms with van der Waals surface area (Å²) >= 11 is 0. The summed E-state index contributed by atoms with van der Waals surface area (Å²) in [5.41, 5.74) is 2.29. The van der Waals surface area contributed by atoms with E-state index >= 15 is 0 Å². The van der Waals surface area contributed by atoms with Gasteiger partial charge in [-0.1, -0.05) is 24.3 Å². The van der Waals surface area contributed by atoms with Gasteiger partial charge in [0, 0.05) is 13.2 Å². The molecule has 1 atom stereocenters. The number of carbonyl (C=O) groups excluding carboxylic acids is 1. The zero-order valence-corrected chi connectivity index (χ0v) is 12.4. The van der Waals surface area contributed by atoms with Crippen LogP contribution in [-0.4, -0.2) is 25.2 Å². The van der Waals surface area contributed by atoms with Crippen LogP contribution in [0.1, 0.15) is 43.2 Å². The van der Waals surface area contributed by atoms with Gasteiger partial charge in [-0.25, -0.2) is 0 Å². The Morgan fingerprint density at radius 3 is 2.95 bits per heavy atom. The Labute approximate surface area is 121 Å². The molecule has 1 fully saturated rings. The summed E-state index contributed by atoms with van der Waals surface area (Å²) in [7, 11) is 0. The van der Waals surface area contributed by atoms with Gasteiger partial charge in [0.25, 0.3) is 0 Å². The first-order valence-corrected chi connectivity index (χ1v) is 7.68. The second-order valence-electron chi connectivity index (χ2n) is 5.58. The molecular formula is C17H25NO2. The van der Waals surface area contributed by atoms with E-state index in [9.17, 15) is 4.79 Å². The van der Waals surface area contributed by atoms with Gasteiger partial charge in [-0.3, -0.25) is 4.79 Å². The summed E-state index contributed by atoms with van der Waals surface area (Å²) in [6.45, 7) is 3.71. The highest BCUT2D eigenvalue weighted by Crippen LogP contribution is 2.16. The van der Waals surface area contributed by atoms with Crippen molar-refractivity contribution in [1.82, 2.24) is 5.32 Å². The van der Waals surface area contributed by atoms with Crippen molar-refractivity contribution in [2.75, 3.05) is 13.2 Å². The number of aryl methyl sites for hydroxylation is 1. The SMILES string of the molecule is Cc1ccccc1CC(=O)NCCCC1CCCCO1. The third-order valence-corrected chi connectivity index (χ3v) is 3.91. The fourth-order valence-corrected chi connectivity index (χ4v) is 2.64. The first-order chi connectivity index (χ1) is 9.75. The van der Waals surface area contributed by atoms with Gasteiger partial charge in [-0.2, -0.15) is 0 Å². The van der Waals surface area contributed by atoms with E-state index in [1.807, 2.05) is 31.2 Å². The van der Waals surface area contributed by atoms with Crippen molar-refractivity contribution < 1.29 is 9.53 Å². The van der Waals surface area contributed by atoms with Gasteiger partial charge >= 0.3 is 0 Å². The van der Waals surface area contributed by atoms with E-state index in [4.69, 9.17) is 4.74 Å². The van der Waals surface area contributed by atoms with E-state index < -0.39 is 0 Å². The molecule has 1 aliphatic rings. The van der Waals surface area contributed by atoms with Crippen LogP contribution in [0.15, 0.2) is 24.3 Å². The van der Waals surface area contributed by atoms with E-state index in [0.717, 1.165) is 31.6 Å². The number of carbonyl (C=O) groups is 1. The number of rotatable bonds is 6. The Bertz CT molecular complexity index is 425. The van der Waals surface area contributed by atoms with Crippen molar-refractivity contribution in [1.29, 1.82) is 0 Å². The summed E-state index contributed by atoms with van der Waals surface area (Å²) in [6, 6.07) is 8.05. The molecule has 0 spiro atoms. The minimum Gasteiger partial charge on any atom is -0.378 e. The summed E-state index contributed by atoms with van der Waals surface area (Å²) in [5, 5.41) is 3.00. The monoisotopic (exact) mass is 275 g/mol. The lowest BCUT2D eigenvalue weighted by Crippen LogP contribution is -2.27. The number of nitrogens with one attached hydrogen (secondary N) is 1. The molecule has 0 aliphatic carbocycles. The van der Waals surface area contributed by atoms with Gasteiger partial charge in [0.15, 0.2) is 0 Å². The zero-order chi connectivity index (χ0) is 14.2. The van der Waals surface area contributed by atoms with Gasteiger partial charge in [-0.05, 0) is 50.2 Å². The number of hydrogen-bond donors (Lipinski definition) is 1. The molecule has 1 aromatic carbocycles. The van der Waals surface area contributed by atoms with Crippen LogP contribution in [0, 0.1) is 6.92 Å². The maximum absolute atomic E-state index is 11.9. The molecule has 1 heterocycles. The molecule has 0 radical (unpaired) electrons. The van der Waals surface area contributed by atoms with E-state index in [-0.39, 0.29) is 5.91 Å². The van der Waals surface area contributed by atoms with Gasteiger partial charge in [0.05, 0.1) is 12.5 Å². The molecule has 1 N–H and O–H groups in total. The van der Waals surface area contributed by atoms with Gasteiger partial charge in [-0.15, -0.1) is 0 Å². The average Bonchev–Trinajstić information content (AvgIpc) is 2.47. The van der Waals surface area contributed by atoms with Crippen molar-refractivity contribution in [3.05, 3.63) is 35.4 Å². The summed E-state index contributed by atoms with van der Waals surface area (Å²) in [6.07, 6.45) is 6.61. The highest BCUT2D eigenvalue weighted by Gasteiger charge is 2.13. The maximum atomic E-state index is 11.9. The Kier molecular flexibility index (Phi) is 6.06. The Morgan fingerprint density at radius 1 is 1.35 bits per heavy atom. The summed E-state index contributed by atoms with van der Waals surface area (Å²) < 4.78 is 5.68. The average molecular weight is 275 g/mol. The van der Waals surface area contributed by atoms with E-state index in [2.05, 4.69) is 5.32 Å². The van der Waals surface area contributed by atoms with Crippen LogP contribution >= 0.6 is 0 Å². The Morgan fingerprint density at radius 2 is 2.20 bits per heavy atom. The third kappa shape index (κ3) is 4.97. The molecule has 1 unspecified atom stereocenters. The molecule has 1 amide bonds. The molecule has 3 heteroatoms. The molecule has 1 aliphatic heterocycles. The van der Waals surface area contributed by atoms with Crippen LogP contribution in [0.25, 0.3) is 0 Å². The predicted octanol–water partition coefficient (Wildman–Crippen LogP) is 3.00. The lowest BCUT2D eigenvalue weighted by Gasteiger charge is -2.22. The van der Waals surface area contributed by atoms with Crippen molar-refractivity contribution in [3.63, 3.8) is 0 Å². The van der Waals surface area contributed by atoms with Crippen molar-refractivity contribution >= 4 is 5.91 Å². The van der Waals surface area contributed by atoms with E-state index in [1.54, 1.807) is 0 Å². The predicted molar refractivity (Wildman–Crippen MR) is 80.7 cm³/mol. The fourth-order valence-electron chi connectivity index (χ4n) is 2.64. The lowest BCUT2D eigenvalue weighted by atomic mass is 10.0. The first kappa shape index (κ1) is 15.0. The molecule has 110 valence electrons. The van der Waals surface area contributed by atoms with Crippen molar-refractivity contribution in [2.45, 2.75) is 51.6 Å². The zero-order valence-electron chi connectivity index (χ0n) is 12.4. The fraction of sp³-hybridized carbons (Fsp3) is 0.588. The summed E-state index contributed by atoms with van der Waals surface area (Å²) in [5.74, 6) is 0.115. The molecule has 3 nitrogen and oxygen atoms in total. The Balaban J connectivity index is 1.61. The molecule has 0 bridgehead atoms. The molecule has 1 aromatic rings. The van der Waals surface area contributed by atoms with Crippen LogP contribution in [0.3, 0.4) is 0 Å². The van der Waals surface area contributed by atoms with Crippen LogP contribution in [0.2, 0.25) is 0 Å².